The first-order valence-electron chi connectivity index (χ1n) is 9.71. The van der Waals surface area contributed by atoms with Gasteiger partial charge in [0.05, 0.1) is 5.69 Å². The van der Waals surface area contributed by atoms with Crippen LogP contribution in [0.3, 0.4) is 0 Å². The van der Waals surface area contributed by atoms with Crippen LogP contribution in [0.15, 0.2) is 10.9 Å². The smallest absolute Gasteiger partial charge is 0.259 e. The van der Waals surface area contributed by atoms with Crippen molar-refractivity contribution < 1.29 is 9.32 Å². The van der Waals surface area contributed by atoms with Crippen molar-refractivity contribution in [2.24, 2.45) is 5.41 Å². The van der Waals surface area contributed by atoms with Crippen molar-refractivity contribution in [3.05, 3.63) is 29.2 Å². The Morgan fingerprint density at radius 2 is 2.04 bits per heavy atom. The van der Waals surface area contributed by atoms with Crippen LogP contribution in [-0.4, -0.2) is 43.8 Å². The van der Waals surface area contributed by atoms with Crippen LogP contribution in [0.5, 0.6) is 0 Å². The van der Waals surface area contributed by atoms with E-state index in [-0.39, 0.29) is 17.2 Å². The molecule has 1 amide bonds. The Bertz CT molecular complexity index is 824. The van der Waals surface area contributed by atoms with Gasteiger partial charge in [-0.25, -0.2) is 0 Å². The van der Waals surface area contributed by atoms with Gasteiger partial charge in [-0.3, -0.25) is 4.79 Å². The quantitative estimate of drug-likeness (QED) is 0.846. The lowest BCUT2D eigenvalue weighted by Crippen LogP contribution is -2.31. The van der Waals surface area contributed by atoms with Crippen molar-refractivity contribution in [1.82, 2.24) is 24.8 Å². The Kier molecular flexibility index (Phi) is 3.49. The zero-order valence-corrected chi connectivity index (χ0v) is 15.4. The van der Waals surface area contributed by atoms with Crippen molar-refractivity contribution >= 4 is 5.91 Å². The summed E-state index contributed by atoms with van der Waals surface area (Å²) >= 11 is 0. The van der Waals surface area contributed by atoms with Gasteiger partial charge in [0.25, 0.3) is 5.91 Å². The maximum Gasteiger partial charge on any atom is 0.259 e. The third kappa shape index (κ3) is 2.32. The van der Waals surface area contributed by atoms with Crippen molar-refractivity contribution in [2.75, 3.05) is 13.1 Å². The van der Waals surface area contributed by atoms with E-state index >= 15 is 0 Å². The number of rotatable bonds is 3. The van der Waals surface area contributed by atoms with Crippen LogP contribution in [0, 0.1) is 19.3 Å². The average Bonchev–Trinajstić information content (AvgIpc) is 3.02. The summed E-state index contributed by atoms with van der Waals surface area (Å²) in [5.74, 6) is 2.02. The van der Waals surface area contributed by atoms with E-state index in [9.17, 15) is 4.79 Å². The number of hydrogen-bond acceptors (Lipinski definition) is 5. The van der Waals surface area contributed by atoms with Crippen molar-refractivity contribution in [2.45, 2.75) is 64.3 Å². The molecule has 1 saturated heterocycles. The summed E-state index contributed by atoms with van der Waals surface area (Å²) in [6.45, 7) is 5.18. The lowest BCUT2D eigenvalue weighted by atomic mass is 9.76. The normalized spacial score (nSPS) is 24.7. The first-order valence-corrected chi connectivity index (χ1v) is 9.71. The van der Waals surface area contributed by atoms with E-state index in [0.29, 0.717) is 29.6 Å². The van der Waals surface area contributed by atoms with Crippen molar-refractivity contribution in [1.29, 1.82) is 0 Å². The molecule has 0 aromatic carbocycles. The fourth-order valence-corrected chi connectivity index (χ4v) is 5.15. The predicted molar refractivity (Wildman–Crippen MR) is 93.8 cm³/mol. The lowest BCUT2D eigenvalue weighted by molar-refractivity contribution is 0.0771. The minimum absolute atomic E-state index is 0.0486. The molecule has 1 atom stereocenters. The van der Waals surface area contributed by atoms with E-state index in [1.807, 2.05) is 25.1 Å². The third-order valence-electron chi connectivity index (χ3n) is 6.63. The number of amides is 1. The Morgan fingerprint density at radius 1 is 1.27 bits per heavy atom. The zero-order chi connectivity index (χ0) is 17.9. The van der Waals surface area contributed by atoms with Crippen molar-refractivity contribution in [3.63, 3.8) is 0 Å². The van der Waals surface area contributed by atoms with Crippen LogP contribution < -0.4 is 0 Å². The highest BCUT2D eigenvalue weighted by Gasteiger charge is 2.52. The summed E-state index contributed by atoms with van der Waals surface area (Å²) in [5, 5.41) is 12.7. The van der Waals surface area contributed by atoms with E-state index in [1.54, 1.807) is 0 Å². The third-order valence-corrected chi connectivity index (χ3v) is 6.63. The summed E-state index contributed by atoms with van der Waals surface area (Å²) in [7, 11) is 0. The van der Waals surface area contributed by atoms with Crippen LogP contribution in [0.1, 0.15) is 78.1 Å². The molecule has 1 spiro atoms. The molecular weight excluding hydrogens is 330 g/mol. The summed E-state index contributed by atoms with van der Waals surface area (Å²) in [5.41, 5.74) is 1.45. The fourth-order valence-electron chi connectivity index (χ4n) is 5.15. The van der Waals surface area contributed by atoms with Gasteiger partial charge in [0.15, 0.2) is 0 Å². The summed E-state index contributed by atoms with van der Waals surface area (Å²) < 4.78 is 7.50. The Labute approximate surface area is 152 Å². The second kappa shape index (κ2) is 5.66. The molecular formula is C19H25N5O2. The van der Waals surface area contributed by atoms with Gasteiger partial charge in [-0.15, -0.1) is 10.2 Å². The monoisotopic (exact) mass is 355 g/mol. The highest BCUT2D eigenvalue weighted by Crippen LogP contribution is 2.54. The number of nitrogens with zero attached hydrogens (tertiary/aromatic N) is 5. The molecule has 7 nitrogen and oxygen atoms in total. The van der Waals surface area contributed by atoms with Gasteiger partial charge in [0, 0.05) is 25.0 Å². The van der Waals surface area contributed by atoms with Gasteiger partial charge in [0.2, 0.25) is 0 Å². The zero-order valence-electron chi connectivity index (χ0n) is 15.4. The van der Waals surface area contributed by atoms with Gasteiger partial charge in [-0.05, 0) is 44.9 Å². The highest BCUT2D eigenvalue weighted by molar-refractivity contribution is 5.96. The second-order valence-electron chi connectivity index (χ2n) is 8.33. The van der Waals surface area contributed by atoms with Crippen molar-refractivity contribution in [3.8, 4) is 0 Å². The number of carbonyl (C=O) groups is 1. The molecule has 0 bridgehead atoms. The molecule has 7 heteroatoms. The van der Waals surface area contributed by atoms with Gasteiger partial charge < -0.3 is 14.0 Å². The fraction of sp³-hybridized carbons (Fsp3) is 0.684. The molecule has 2 aromatic heterocycles. The topological polar surface area (TPSA) is 77.1 Å². The summed E-state index contributed by atoms with van der Waals surface area (Å²) in [4.78, 5) is 15.2. The molecule has 2 aliphatic carbocycles. The lowest BCUT2D eigenvalue weighted by Gasteiger charge is -2.29. The maximum atomic E-state index is 13.2. The van der Waals surface area contributed by atoms with E-state index in [2.05, 4.69) is 19.9 Å². The average molecular weight is 355 g/mol. The highest BCUT2D eigenvalue weighted by atomic mass is 16.5. The molecule has 3 aliphatic rings. The first-order chi connectivity index (χ1) is 12.6. The number of aromatic nitrogens is 4. The molecule has 0 radical (unpaired) electrons. The standard InChI is InChI=1S/C19H25N5O2/c1-12-16(13(2)26-22-12)18(25)23-9-15(19(10-23)7-3-4-8-19)17-21-20-11-24(17)14-5-6-14/h11,14-15H,3-10H2,1-2H3. The molecule has 2 aromatic rings. The molecule has 1 aliphatic heterocycles. The SMILES string of the molecule is Cc1noc(C)c1C(=O)N1CC(c2nncn2C2CC2)C2(CCCC2)C1. The van der Waals surface area contributed by atoms with Gasteiger partial charge in [-0.1, -0.05) is 18.0 Å². The Hall–Kier alpha value is -2.18. The van der Waals surface area contributed by atoms with Crippen LogP contribution >= 0.6 is 0 Å². The van der Waals surface area contributed by atoms with Gasteiger partial charge in [0.1, 0.15) is 23.5 Å². The van der Waals surface area contributed by atoms with Crippen LogP contribution in [0.2, 0.25) is 0 Å². The number of hydrogen-bond donors (Lipinski definition) is 0. The molecule has 1 unspecified atom stereocenters. The first kappa shape index (κ1) is 16.0. The molecule has 26 heavy (non-hydrogen) atoms. The molecule has 2 saturated carbocycles. The molecule has 0 N–H and O–H groups in total. The minimum atomic E-state index is 0.0486. The summed E-state index contributed by atoms with van der Waals surface area (Å²) in [6, 6.07) is 0.561. The molecule has 138 valence electrons. The van der Waals surface area contributed by atoms with E-state index in [1.165, 1.54) is 38.5 Å². The number of aryl methyl sites for hydroxylation is 2. The van der Waals surface area contributed by atoms with Crippen LogP contribution in [0.4, 0.5) is 0 Å². The Morgan fingerprint density at radius 3 is 2.69 bits per heavy atom. The van der Waals surface area contributed by atoms with E-state index < -0.39 is 0 Å². The van der Waals surface area contributed by atoms with Gasteiger partial charge in [-0.2, -0.15) is 0 Å². The predicted octanol–water partition coefficient (Wildman–Crippen LogP) is 3.02. The molecule has 5 rings (SSSR count). The minimum Gasteiger partial charge on any atom is -0.361 e. The largest absolute Gasteiger partial charge is 0.361 e. The van der Waals surface area contributed by atoms with E-state index in [4.69, 9.17) is 4.52 Å². The molecule has 3 heterocycles. The van der Waals surface area contributed by atoms with Crippen LogP contribution in [-0.2, 0) is 0 Å². The second-order valence-corrected chi connectivity index (χ2v) is 8.33. The molecule has 3 fully saturated rings. The number of likely N-dealkylation sites (tertiary alicyclic amines) is 1. The summed E-state index contributed by atoms with van der Waals surface area (Å²) in [6.07, 6.45) is 9.12. The number of carbonyl (C=O) groups excluding carboxylic acids is 1. The Balaban J connectivity index is 1.49. The maximum absolute atomic E-state index is 13.2. The van der Waals surface area contributed by atoms with Gasteiger partial charge >= 0.3 is 0 Å². The van der Waals surface area contributed by atoms with Crippen LogP contribution in [0.25, 0.3) is 0 Å². The van der Waals surface area contributed by atoms with E-state index in [0.717, 1.165) is 12.4 Å².